The molecule has 3 aromatic rings. The third-order valence-electron chi connectivity index (χ3n) is 4.02. The predicted octanol–water partition coefficient (Wildman–Crippen LogP) is 3.54. The van der Waals surface area contributed by atoms with Crippen LogP contribution in [-0.4, -0.2) is 25.9 Å². The Morgan fingerprint density at radius 2 is 1.77 bits per heavy atom. The SMILES string of the molecule is Cc1c(C(=O)NNC(=O)c2cccc(N(C)C)c2)oc2ccc(Cl)cc12. The van der Waals surface area contributed by atoms with Gasteiger partial charge in [0.25, 0.3) is 5.91 Å². The van der Waals surface area contributed by atoms with Gasteiger partial charge >= 0.3 is 5.91 Å². The smallest absolute Gasteiger partial charge is 0.305 e. The molecule has 2 N–H and O–H groups in total. The Kier molecular flexibility index (Phi) is 4.86. The van der Waals surface area contributed by atoms with Gasteiger partial charge in [0.2, 0.25) is 0 Å². The van der Waals surface area contributed by atoms with Crippen molar-refractivity contribution in [2.24, 2.45) is 0 Å². The van der Waals surface area contributed by atoms with Crippen molar-refractivity contribution < 1.29 is 14.0 Å². The Balaban J connectivity index is 1.74. The van der Waals surface area contributed by atoms with E-state index >= 15 is 0 Å². The highest BCUT2D eigenvalue weighted by Crippen LogP contribution is 2.27. The Morgan fingerprint density at radius 3 is 2.50 bits per heavy atom. The van der Waals surface area contributed by atoms with Crippen LogP contribution in [0, 0.1) is 6.92 Å². The van der Waals surface area contributed by atoms with Gasteiger partial charge in [0, 0.05) is 41.3 Å². The van der Waals surface area contributed by atoms with E-state index in [1.165, 1.54) is 0 Å². The van der Waals surface area contributed by atoms with E-state index in [0.717, 1.165) is 11.1 Å². The van der Waals surface area contributed by atoms with Gasteiger partial charge in [-0.2, -0.15) is 0 Å². The monoisotopic (exact) mass is 371 g/mol. The van der Waals surface area contributed by atoms with E-state index in [4.69, 9.17) is 16.0 Å². The van der Waals surface area contributed by atoms with Crippen LogP contribution < -0.4 is 15.8 Å². The number of anilines is 1. The number of halogens is 1. The predicted molar refractivity (Wildman–Crippen MR) is 102 cm³/mol. The standard InChI is InChI=1S/C19H18ClN3O3/c1-11-15-10-13(20)7-8-16(15)26-17(11)19(25)22-21-18(24)12-5-4-6-14(9-12)23(2)3/h4-10H,1-3H3,(H,21,24)(H,22,25). The van der Waals surface area contributed by atoms with Crippen LogP contribution in [0.5, 0.6) is 0 Å². The van der Waals surface area contributed by atoms with Gasteiger partial charge in [0.1, 0.15) is 5.58 Å². The molecular formula is C19H18ClN3O3. The summed E-state index contributed by atoms with van der Waals surface area (Å²) in [5.74, 6) is -0.824. The van der Waals surface area contributed by atoms with Crippen LogP contribution in [-0.2, 0) is 0 Å². The van der Waals surface area contributed by atoms with Crippen LogP contribution in [0.25, 0.3) is 11.0 Å². The molecule has 0 fully saturated rings. The minimum Gasteiger partial charge on any atom is -0.451 e. The van der Waals surface area contributed by atoms with Gasteiger partial charge in [-0.3, -0.25) is 20.4 Å². The number of rotatable bonds is 3. The minimum absolute atomic E-state index is 0.129. The molecule has 0 atom stereocenters. The van der Waals surface area contributed by atoms with E-state index in [9.17, 15) is 9.59 Å². The van der Waals surface area contributed by atoms with Crippen molar-refractivity contribution >= 4 is 40.1 Å². The molecule has 0 aliphatic heterocycles. The molecule has 0 unspecified atom stereocenters. The first-order valence-corrected chi connectivity index (χ1v) is 8.31. The van der Waals surface area contributed by atoms with Crippen LogP contribution in [0.15, 0.2) is 46.9 Å². The van der Waals surface area contributed by atoms with Crippen molar-refractivity contribution in [1.82, 2.24) is 10.9 Å². The molecule has 1 heterocycles. The molecule has 0 spiro atoms. The zero-order valence-corrected chi connectivity index (χ0v) is 15.3. The summed E-state index contributed by atoms with van der Waals surface area (Å²) in [6.07, 6.45) is 0. The maximum Gasteiger partial charge on any atom is 0.305 e. The second kappa shape index (κ2) is 7.09. The number of carbonyl (C=O) groups is 2. The van der Waals surface area contributed by atoms with E-state index in [-0.39, 0.29) is 5.76 Å². The van der Waals surface area contributed by atoms with Crippen LogP contribution in [0.1, 0.15) is 26.5 Å². The van der Waals surface area contributed by atoms with Gasteiger partial charge < -0.3 is 9.32 Å². The Hall–Kier alpha value is -2.99. The molecule has 134 valence electrons. The molecule has 0 bridgehead atoms. The number of nitrogens with zero attached hydrogens (tertiary/aromatic N) is 1. The Bertz CT molecular complexity index is 995. The Morgan fingerprint density at radius 1 is 1.04 bits per heavy atom. The summed E-state index contributed by atoms with van der Waals surface area (Å²) in [6.45, 7) is 1.76. The Labute approximate surface area is 155 Å². The molecule has 3 rings (SSSR count). The number of hydrazine groups is 1. The summed E-state index contributed by atoms with van der Waals surface area (Å²) in [5, 5.41) is 1.31. The van der Waals surface area contributed by atoms with Crippen molar-refractivity contribution in [3.8, 4) is 0 Å². The molecule has 0 aliphatic carbocycles. The lowest BCUT2D eigenvalue weighted by Gasteiger charge is -2.13. The van der Waals surface area contributed by atoms with Gasteiger partial charge in [0.05, 0.1) is 0 Å². The maximum atomic E-state index is 12.4. The number of furan rings is 1. The number of hydrogen-bond acceptors (Lipinski definition) is 4. The van der Waals surface area contributed by atoms with E-state index in [0.29, 0.717) is 21.7 Å². The lowest BCUT2D eigenvalue weighted by molar-refractivity contribution is 0.0831. The molecule has 2 aromatic carbocycles. The molecule has 0 saturated heterocycles. The quantitative estimate of drug-likeness (QED) is 0.690. The zero-order valence-electron chi connectivity index (χ0n) is 14.6. The van der Waals surface area contributed by atoms with E-state index < -0.39 is 11.8 Å². The summed E-state index contributed by atoms with van der Waals surface area (Å²) in [6, 6.07) is 12.2. The van der Waals surface area contributed by atoms with Crippen molar-refractivity contribution in [3.05, 3.63) is 64.4 Å². The van der Waals surface area contributed by atoms with Gasteiger partial charge in [0.15, 0.2) is 5.76 Å². The van der Waals surface area contributed by atoms with Crippen LogP contribution >= 0.6 is 11.6 Å². The minimum atomic E-state index is -0.535. The molecule has 2 amide bonds. The van der Waals surface area contributed by atoms with Crippen LogP contribution in [0.2, 0.25) is 5.02 Å². The van der Waals surface area contributed by atoms with Crippen LogP contribution in [0.4, 0.5) is 5.69 Å². The number of amides is 2. The first kappa shape index (κ1) is 17.8. The van der Waals surface area contributed by atoms with Gasteiger partial charge in [-0.25, -0.2) is 0 Å². The number of fused-ring (bicyclic) bond motifs is 1. The summed E-state index contributed by atoms with van der Waals surface area (Å²) >= 11 is 5.98. The van der Waals surface area contributed by atoms with E-state index in [2.05, 4.69) is 10.9 Å². The maximum absolute atomic E-state index is 12.4. The fourth-order valence-corrected chi connectivity index (χ4v) is 2.75. The molecule has 7 heteroatoms. The van der Waals surface area contributed by atoms with E-state index in [1.807, 2.05) is 25.1 Å². The number of aryl methyl sites for hydroxylation is 1. The highest BCUT2D eigenvalue weighted by molar-refractivity contribution is 6.31. The summed E-state index contributed by atoms with van der Waals surface area (Å²) in [5.41, 5.74) is 7.32. The van der Waals surface area contributed by atoms with Crippen molar-refractivity contribution in [2.75, 3.05) is 19.0 Å². The molecular weight excluding hydrogens is 354 g/mol. The van der Waals surface area contributed by atoms with Crippen molar-refractivity contribution in [3.63, 3.8) is 0 Å². The molecule has 0 aliphatic rings. The second-order valence-electron chi connectivity index (χ2n) is 6.05. The third-order valence-corrected chi connectivity index (χ3v) is 4.25. The van der Waals surface area contributed by atoms with Gasteiger partial charge in [-0.15, -0.1) is 0 Å². The van der Waals surface area contributed by atoms with Crippen LogP contribution in [0.3, 0.4) is 0 Å². The average Bonchev–Trinajstić information content (AvgIpc) is 2.96. The zero-order chi connectivity index (χ0) is 18.8. The van der Waals surface area contributed by atoms with Gasteiger partial charge in [-0.05, 0) is 43.3 Å². The summed E-state index contributed by atoms with van der Waals surface area (Å²) in [7, 11) is 3.77. The molecule has 0 saturated carbocycles. The summed E-state index contributed by atoms with van der Waals surface area (Å²) < 4.78 is 5.58. The normalized spacial score (nSPS) is 10.6. The number of carbonyl (C=O) groups excluding carboxylic acids is 2. The lowest BCUT2D eigenvalue weighted by atomic mass is 10.1. The highest BCUT2D eigenvalue weighted by atomic mass is 35.5. The highest BCUT2D eigenvalue weighted by Gasteiger charge is 2.18. The fourth-order valence-electron chi connectivity index (χ4n) is 2.58. The average molecular weight is 372 g/mol. The molecule has 0 radical (unpaired) electrons. The largest absolute Gasteiger partial charge is 0.451 e. The van der Waals surface area contributed by atoms with E-state index in [1.54, 1.807) is 43.3 Å². The molecule has 26 heavy (non-hydrogen) atoms. The number of benzene rings is 2. The van der Waals surface area contributed by atoms with Crippen molar-refractivity contribution in [1.29, 1.82) is 0 Å². The molecule has 6 nitrogen and oxygen atoms in total. The molecule has 1 aromatic heterocycles. The fraction of sp³-hybridized carbons (Fsp3) is 0.158. The first-order valence-electron chi connectivity index (χ1n) is 7.93. The third kappa shape index (κ3) is 3.50. The second-order valence-corrected chi connectivity index (χ2v) is 6.49. The number of nitrogens with one attached hydrogen (secondary N) is 2. The lowest BCUT2D eigenvalue weighted by Crippen LogP contribution is -2.41. The van der Waals surface area contributed by atoms with Crippen molar-refractivity contribution in [2.45, 2.75) is 6.92 Å². The topological polar surface area (TPSA) is 74.6 Å². The van der Waals surface area contributed by atoms with Gasteiger partial charge in [-0.1, -0.05) is 17.7 Å². The number of hydrogen-bond donors (Lipinski definition) is 2. The summed E-state index contributed by atoms with van der Waals surface area (Å²) in [4.78, 5) is 26.5. The first-order chi connectivity index (χ1) is 12.4.